The van der Waals surface area contributed by atoms with Gasteiger partial charge in [0.25, 0.3) is 0 Å². The van der Waals surface area contributed by atoms with E-state index in [4.69, 9.17) is 14.2 Å². The first-order valence-electron chi connectivity index (χ1n) is 9.76. The number of aliphatic hydroxyl groups excluding tert-OH is 1. The summed E-state index contributed by atoms with van der Waals surface area (Å²) in [5.74, 6) is -0.530. The third-order valence-corrected chi connectivity index (χ3v) is 4.05. The molecule has 0 aromatic heterocycles. The van der Waals surface area contributed by atoms with Gasteiger partial charge in [-0.2, -0.15) is 0 Å². The lowest BCUT2D eigenvalue weighted by molar-refractivity contribution is -0.0251. The number of rotatable bonds is 13. The van der Waals surface area contributed by atoms with E-state index in [0.29, 0.717) is 44.4 Å². The van der Waals surface area contributed by atoms with Crippen LogP contribution in [0.5, 0.6) is 11.5 Å². The van der Waals surface area contributed by atoms with Crippen LogP contribution in [0.2, 0.25) is 0 Å². The molecule has 0 radical (unpaired) electrons. The molecule has 0 aliphatic carbocycles. The molecule has 0 saturated carbocycles. The van der Waals surface area contributed by atoms with Crippen molar-refractivity contribution in [2.24, 2.45) is 0 Å². The summed E-state index contributed by atoms with van der Waals surface area (Å²) in [6, 6.07) is 10.8. The van der Waals surface area contributed by atoms with Gasteiger partial charge in [-0.1, -0.05) is 26.0 Å². The molecular formula is C22H29F2NO4. The quantitative estimate of drug-likeness (QED) is 0.390. The van der Waals surface area contributed by atoms with Gasteiger partial charge in [-0.3, -0.25) is 0 Å². The Bertz CT molecular complexity index is 725. The second kappa shape index (κ2) is 12.4. The van der Waals surface area contributed by atoms with Gasteiger partial charge in [-0.05, 0) is 36.2 Å². The monoisotopic (exact) mass is 409 g/mol. The van der Waals surface area contributed by atoms with Crippen molar-refractivity contribution in [2.75, 3.05) is 26.4 Å². The van der Waals surface area contributed by atoms with E-state index in [2.05, 4.69) is 5.32 Å². The second-order valence-electron chi connectivity index (χ2n) is 6.90. The minimum absolute atomic E-state index is 0.0232. The Balaban J connectivity index is 1.64. The van der Waals surface area contributed by atoms with Crippen LogP contribution < -0.4 is 14.8 Å². The lowest BCUT2D eigenvalue weighted by Gasteiger charge is -2.16. The van der Waals surface area contributed by atoms with Crippen LogP contribution in [0.15, 0.2) is 42.5 Å². The first kappa shape index (κ1) is 23.1. The number of aliphatic hydroxyl groups is 1. The maximum Gasteiger partial charge on any atom is 0.198 e. The minimum atomic E-state index is -1.09. The molecule has 2 aromatic rings. The highest BCUT2D eigenvalue weighted by molar-refractivity contribution is 5.33. The van der Waals surface area contributed by atoms with E-state index < -0.39 is 12.1 Å². The van der Waals surface area contributed by atoms with Crippen LogP contribution in [0.4, 0.5) is 8.78 Å². The third kappa shape index (κ3) is 9.21. The largest absolute Gasteiger partial charge is 0.491 e. The molecule has 0 aliphatic rings. The summed E-state index contributed by atoms with van der Waals surface area (Å²) in [6.07, 6.45) is -0.0572. The predicted molar refractivity (Wildman–Crippen MR) is 107 cm³/mol. The molecule has 0 saturated heterocycles. The fourth-order valence-corrected chi connectivity index (χ4v) is 2.53. The number of hydrogen-bond acceptors (Lipinski definition) is 5. The highest BCUT2D eigenvalue weighted by Gasteiger charge is 2.11. The Kier molecular flexibility index (Phi) is 9.83. The standard InChI is InChI=1S/C22H29F2NO4/c1-16(2)25-11-9-22(26)29-21-8-7-19(15-20(21)24)28-14-13-27-12-10-17-3-5-18(23)6-4-17/h3-8,15-16,22,25-26H,9-14H2,1-2H3. The van der Waals surface area contributed by atoms with Crippen LogP contribution in [0.1, 0.15) is 25.8 Å². The smallest absolute Gasteiger partial charge is 0.198 e. The highest BCUT2D eigenvalue weighted by Crippen LogP contribution is 2.23. The first-order chi connectivity index (χ1) is 13.9. The third-order valence-electron chi connectivity index (χ3n) is 4.05. The molecule has 1 unspecified atom stereocenters. The van der Waals surface area contributed by atoms with E-state index in [-0.39, 0.29) is 18.2 Å². The topological polar surface area (TPSA) is 60.0 Å². The second-order valence-corrected chi connectivity index (χ2v) is 6.90. The van der Waals surface area contributed by atoms with Crippen molar-refractivity contribution >= 4 is 0 Å². The van der Waals surface area contributed by atoms with Crippen molar-refractivity contribution in [1.82, 2.24) is 5.32 Å². The molecule has 1 atom stereocenters. The van der Waals surface area contributed by atoms with Gasteiger partial charge in [0.05, 0.1) is 13.2 Å². The van der Waals surface area contributed by atoms with Gasteiger partial charge < -0.3 is 24.6 Å². The summed E-state index contributed by atoms with van der Waals surface area (Å²) in [5, 5.41) is 13.0. The van der Waals surface area contributed by atoms with Crippen molar-refractivity contribution in [3.05, 3.63) is 59.7 Å². The average Bonchev–Trinajstić information content (AvgIpc) is 2.67. The van der Waals surface area contributed by atoms with E-state index in [0.717, 1.165) is 5.56 Å². The Morgan fingerprint density at radius 2 is 1.76 bits per heavy atom. The van der Waals surface area contributed by atoms with Crippen molar-refractivity contribution in [3.8, 4) is 11.5 Å². The summed E-state index contributed by atoms with van der Waals surface area (Å²) in [4.78, 5) is 0. The number of halogens is 2. The Morgan fingerprint density at radius 1 is 1.00 bits per heavy atom. The van der Waals surface area contributed by atoms with Crippen LogP contribution >= 0.6 is 0 Å². The van der Waals surface area contributed by atoms with Gasteiger partial charge in [-0.25, -0.2) is 8.78 Å². The molecule has 0 spiro atoms. The molecule has 5 nitrogen and oxygen atoms in total. The molecular weight excluding hydrogens is 380 g/mol. The average molecular weight is 409 g/mol. The number of hydrogen-bond donors (Lipinski definition) is 2. The van der Waals surface area contributed by atoms with Crippen molar-refractivity contribution in [3.63, 3.8) is 0 Å². The predicted octanol–water partition coefficient (Wildman–Crippen LogP) is 3.69. The van der Waals surface area contributed by atoms with Crippen LogP contribution in [0, 0.1) is 11.6 Å². The van der Waals surface area contributed by atoms with Gasteiger partial charge in [0.2, 0.25) is 0 Å². The zero-order valence-electron chi connectivity index (χ0n) is 16.9. The van der Waals surface area contributed by atoms with Crippen LogP contribution in [0.3, 0.4) is 0 Å². The van der Waals surface area contributed by atoms with Crippen LogP contribution in [-0.4, -0.2) is 43.8 Å². The molecule has 0 bridgehead atoms. The minimum Gasteiger partial charge on any atom is -0.491 e. The molecule has 0 aliphatic heterocycles. The number of benzene rings is 2. The fraction of sp³-hybridized carbons (Fsp3) is 0.455. The van der Waals surface area contributed by atoms with Crippen LogP contribution in [0.25, 0.3) is 0 Å². The van der Waals surface area contributed by atoms with E-state index in [1.165, 1.54) is 24.3 Å². The molecule has 29 heavy (non-hydrogen) atoms. The Hall–Kier alpha value is -2.22. The first-order valence-corrected chi connectivity index (χ1v) is 9.76. The summed E-state index contributed by atoms with van der Waals surface area (Å²) in [6.45, 7) is 5.68. The van der Waals surface area contributed by atoms with E-state index in [1.807, 2.05) is 13.8 Å². The number of nitrogens with one attached hydrogen (secondary N) is 1. The number of ether oxygens (including phenoxy) is 3. The molecule has 7 heteroatoms. The molecule has 2 aromatic carbocycles. The summed E-state index contributed by atoms with van der Waals surface area (Å²) < 4.78 is 43.1. The summed E-state index contributed by atoms with van der Waals surface area (Å²) >= 11 is 0. The van der Waals surface area contributed by atoms with Gasteiger partial charge in [0, 0.05) is 25.1 Å². The highest BCUT2D eigenvalue weighted by atomic mass is 19.1. The van der Waals surface area contributed by atoms with Gasteiger partial charge in [0.15, 0.2) is 17.9 Å². The SMILES string of the molecule is CC(C)NCCC(O)Oc1ccc(OCCOCCc2ccc(F)cc2)cc1F. The maximum absolute atomic E-state index is 14.1. The molecule has 0 fully saturated rings. The van der Waals surface area contributed by atoms with Gasteiger partial charge >= 0.3 is 0 Å². The molecule has 160 valence electrons. The van der Waals surface area contributed by atoms with Crippen LogP contribution in [-0.2, 0) is 11.2 Å². The zero-order valence-corrected chi connectivity index (χ0v) is 16.9. The molecule has 2 N–H and O–H groups in total. The Morgan fingerprint density at radius 3 is 2.45 bits per heavy atom. The lowest BCUT2D eigenvalue weighted by atomic mass is 10.2. The van der Waals surface area contributed by atoms with Crippen molar-refractivity contribution < 1.29 is 28.1 Å². The fourth-order valence-electron chi connectivity index (χ4n) is 2.53. The lowest BCUT2D eigenvalue weighted by Crippen LogP contribution is -2.28. The van der Waals surface area contributed by atoms with Gasteiger partial charge in [0.1, 0.15) is 18.2 Å². The molecule has 0 heterocycles. The van der Waals surface area contributed by atoms with E-state index in [1.54, 1.807) is 18.2 Å². The van der Waals surface area contributed by atoms with Gasteiger partial charge in [-0.15, -0.1) is 0 Å². The molecule has 2 rings (SSSR count). The Labute approximate surface area is 170 Å². The van der Waals surface area contributed by atoms with Crippen molar-refractivity contribution in [2.45, 2.75) is 39.0 Å². The molecule has 0 amide bonds. The summed E-state index contributed by atoms with van der Waals surface area (Å²) in [5.41, 5.74) is 0.993. The van der Waals surface area contributed by atoms with E-state index in [9.17, 15) is 13.9 Å². The summed E-state index contributed by atoms with van der Waals surface area (Å²) in [7, 11) is 0. The zero-order chi connectivity index (χ0) is 21.1. The normalized spacial score (nSPS) is 12.2. The van der Waals surface area contributed by atoms with E-state index >= 15 is 0 Å². The van der Waals surface area contributed by atoms with Crippen molar-refractivity contribution in [1.29, 1.82) is 0 Å². The maximum atomic E-state index is 14.1.